The zero-order chi connectivity index (χ0) is 18.1. The third-order valence-electron chi connectivity index (χ3n) is 3.74. The van der Waals surface area contributed by atoms with Crippen molar-refractivity contribution in [3.8, 4) is 0 Å². The molecule has 0 fully saturated rings. The summed E-state index contributed by atoms with van der Waals surface area (Å²) in [4.78, 5) is 27.9. The van der Waals surface area contributed by atoms with Gasteiger partial charge in [-0.3, -0.25) is 9.59 Å². The highest BCUT2D eigenvalue weighted by atomic mass is 16.5. The van der Waals surface area contributed by atoms with E-state index in [1.54, 1.807) is 0 Å². The van der Waals surface area contributed by atoms with Crippen LogP contribution in [0.1, 0.15) is 43.5 Å². The molecule has 0 aliphatic carbocycles. The maximum atomic E-state index is 12.1. The fraction of sp³-hybridized carbons (Fsp3) is 0.444. The first kappa shape index (κ1) is 18.6. The lowest BCUT2D eigenvalue weighted by Gasteiger charge is -2.15. The molecule has 2 rings (SSSR count). The Balaban J connectivity index is 1.77. The smallest absolute Gasteiger partial charge is 0.240 e. The van der Waals surface area contributed by atoms with Crippen LogP contribution in [0.25, 0.3) is 0 Å². The first-order chi connectivity index (χ1) is 12.1. The van der Waals surface area contributed by atoms with E-state index in [4.69, 9.17) is 10.3 Å². The summed E-state index contributed by atoms with van der Waals surface area (Å²) >= 11 is 0. The van der Waals surface area contributed by atoms with Crippen molar-refractivity contribution in [1.29, 1.82) is 0 Å². The second-order valence-corrected chi connectivity index (χ2v) is 5.92. The predicted octanol–water partition coefficient (Wildman–Crippen LogP) is 1.56. The molecule has 2 amide bonds. The van der Waals surface area contributed by atoms with E-state index in [0.717, 1.165) is 18.4 Å². The van der Waals surface area contributed by atoms with Crippen molar-refractivity contribution >= 4 is 11.8 Å². The van der Waals surface area contributed by atoms with Crippen LogP contribution in [0, 0.1) is 0 Å². The summed E-state index contributed by atoms with van der Waals surface area (Å²) in [5.41, 5.74) is 6.34. The number of amides is 2. The first-order valence-corrected chi connectivity index (χ1v) is 8.52. The average Bonchev–Trinajstić information content (AvgIpc) is 3.03. The molecule has 7 nitrogen and oxygen atoms in total. The molecule has 1 atom stereocenters. The van der Waals surface area contributed by atoms with Gasteiger partial charge in [0.15, 0.2) is 5.82 Å². The highest BCUT2D eigenvalue weighted by Crippen LogP contribution is 2.06. The third-order valence-corrected chi connectivity index (χ3v) is 3.74. The molecule has 0 saturated carbocycles. The summed E-state index contributed by atoms with van der Waals surface area (Å²) < 4.78 is 5.13. The van der Waals surface area contributed by atoms with Gasteiger partial charge < -0.3 is 15.6 Å². The SMILES string of the molecule is CCCc1noc(CCCC(=O)NC(Cc2ccccc2)C(N)=O)n1. The molecule has 25 heavy (non-hydrogen) atoms. The Morgan fingerprint density at radius 1 is 1.24 bits per heavy atom. The van der Waals surface area contributed by atoms with Crippen molar-refractivity contribution in [2.24, 2.45) is 5.73 Å². The lowest BCUT2D eigenvalue weighted by atomic mass is 10.1. The topological polar surface area (TPSA) is 111 Å². The van der Waals surface area contributed by atoms with Crippen LogP contribution >= 0.6 is 0 Å². The van der Waals surface area contributed by atoms with Gasteiger partial charge in [-0.05, 0) is 18.4 Å². The van der Waals surface area contributed by atoms with Crippen LogP contribution in [0.4, 0.5) is 0 Å². The Hall–Kier alpha value is -2.70. The Labute approximate surface area is 147 Å². The summed E-state index contributed by atoms with van der Waals surface area (Å²) in [6.07, 6.45) is 3.48. The maximum absolute atomic E-state index is 12.1. The molecular formula is C18H24N4O3. The van der Waals surface area contributed by atoms with Gasteiger partial charge >= 0.3 is 0 Å². The van der Waals surface area contributed by atoms with Gasteiger partial charge in [0.05, 0.1) is 0 Å². The Bertz CT molecular complexity index is 685. The maximum Gasteiger partial charge on any atom is 0.240 e. The quantitative estimate of drug-likeness (QED) is 0.679. The molecule has 2 aromatic rings. The Morgan fingerprint density at radius 2 is 2.00 bits per heavy atom. The molecule has 1 heterocycles. The molecule has 0 bridgehead atoms. The molecule has 1 aromatic carbocycles. The Kier molecular flexibility index (Phi) is 7.13. The fourth-order valence-electron chi connectivity index (χ4n) is 2.46. The minimum absolute atomic E-state index is 0.215. The number of benzene rings is 1. The lowest BCUT2D eigenvalue weighted by Crippen LogP contribution is -2.45. The van der Waals surface area contributed by atoms with Crippen molar-refractivity contribution < 1.29 is 14.1 Å². The number of rotatable bonds is 10. The van der Waals surface area contributed by atoms with Gasteiger partial charge in [-0.25, -0.2) is 0 Å². The van der Waals surface area contributed by atoms with Crippen molar-refractivity contribution in [3.63, 3.8) is 0 Å². The normalized spacial score (nSPS) is 11.9. The molecule has 0 aliphatic heterocycles. The fourth-order valence-corrected chi connectivity index (χ4v) is 2.46. The standard InChI is InChI=1S/C18H24N4O3/c1-2-7-15-21-17(25-22-15)11-6-10-16(23)20-14(18(19)24)12-13-8-4-3-5-9-13/h3-5,8-9,14H,2,6-7,10-12H2,1H3,(H2,19,24)(H,20,23). The van der Waals surface area contributed by atoms with E-state index in [0.29, 0.717) is 31.0 Å². The monoisotopic (exact) mass is 344 g/mol. The number of aromatic nitrogens is 2. The largest absolute Gasteiger partial charge is 0.368 e. The van der Waals surface area contributed by atoms with E-state index in [1.165, 1.54) is 0 Å². The highest BCUT2D eigenvalue weighted by molar-refractivity contribution is 5.86. The minimum Gasteiger partial charge on any atom is -0.368 e. The number of hydrogen-bond acceptors (Lipinski definition) is 5. The van der Waals surface area contributed by atoms with E-state index >= 15 is 0 Å². The van der Waals surface area contributed by atoms with Crippen molar-refractivity contribution in [2.45, 2.75) is 51.5 Å². The van der Waals surface area contributed by atoms with Gasteiger partial charge in [-0.2, -0.15) is 4.98 Å². The van der Waals surface area contributed by atoms with Crippen LogP contribution in [-0.2, 0) is 28.9 Å². The van der Waals surface area contributed by atoms with Crippen LogP contribution in [0.2, 0.25) is 0 Å². The minimum atomic E-state index is -0.713. The summed E-state index contributed by atoms with van der Waals surface area (Å²) in [6.45, 7) is 2.05. The first-order valence-electron chi connectivity index (χ1n) is 8.52. The molecule has 1 aromatic heterocycles. The summed E-state index contributed by atoms with van der Waals surface area (Å²) in [6, 6.07) is 8.73. The molecule has 134 valence electrons. The van der Waals surface area contributed by atoms with Crippen LogP contribution in [0.15, 0.2) is 34.9 Å². The number of nitrogens with one attached hydrogen (secondary N) is 1. The van der Waals surface area contributed by atoms with Gasteiger partial charge in [0.1, 0.15) is 6.04 Å². The van der Waals surface area contributed by atoms with Crippen molar-refractivity contribution in [2.75, 3.05) is 0 Å². The average molecular weight is 344 g/mol. The van der Waals surface area contributed by atoms with E-state index in [-0.39, 0.29) is 12.3 Å². The number of hydrogen-bond donors (Lipinski definition) is 2. The lowest BCUT2D eigenvalue weighted by molar-refractivity contribution is -0.127. The zero-order valence-corrected chi connectivity index (χ0v) is 14.4. The molecular weight excluding hydrogens is 320 g/mol. The second-order valence-electron chi connectivity index (χ2n) is 5.92. The van der Waals surface area contributed by atoms with E-state index in [2.05, 4.69) is 15.5 Å². The molecule has 3 N–H and O–H groups in total. The number of nitrogens with zero attached hydrogens (tertiary/aromatic N) is 2. The summed E-state index contributed by atoms with van der Waals surface area (Å²) in [5, 5.41) is 6.57. The van der Waals surface area contributed by atoms with Crippen LogP contribution in [-0.4, -0.2) is 28.0 Å². The number of aryl methyl sites for hydroxylation is 2. The molecule has 0 radical (unpaired) electrons. The zero-order valence-electron chi connectivity index (χ0n) is 14.4. The van der Waals surface area contributed by atoms with Gasteiger partial charge in [-0.1, -0.05) is 42.4 Å². The highest BCUT2D eigenvalue weighted by Gasteiger charge is 2.18. The summed E-state index contributed by atoms with van der Waals surface area (Å²) in [5.74, 6) is 0.469. The number of carbonyl (C=O) groups excluding carboxylic acids is 2. The molecule has 0 spiro atoms. The van der Waals surface area contributed by atoms with E-state index in [9.17, 15) is 9.59 Å². The number of primary amides is 1. The van der Waals surface area contributed by atoms with Crippen molar-refractivity contribution in [3.05, 3.63) is 47.6 Å². The van der Waals surface area contributed by atoms with Gasteiger partial charge in [0, 0.05) is 25.7 Å². The molecule has 0 saturated heterocycles. The van der Waals surface area contributed by atoms with Gasteiger partial charge in [-0.15, -0.1) is 0 Å². The van der Waals surface area contributed by atoms with E-state index < -0.39 is 11.9 Å². The second kappa shape index (κ2) is 9.56. The Morgan fingerprint density at radius 3 is 2.68 bits per heavy atom. The van der Waals surface area contributed by atoms with Gasteiger partial charge in [0.25, 0.3) is 0 Å². The number of nitrogens with two attached hydrogens (primary N) is 1. The number of carbonyl (C=O) groups is 2. The molecule has 7 heteroatoms. The van der Waals surface area contributed by atoms with Crippen LogP contribution in [0.3, 0.4) is 0 Å². The predicted molar refractivity (Wildman–Crippen MR) is 92.5 cm³/mol. The van der Waals surface area contributed by atoms with Crippen LogP contribution in [0.5, 0.6) is 0 Å². The third kappa shape index (κ3) is 6.37. The van der Waals surface area contributed by atoms with E-state index in [1.807, 2.05) is 37.3 Å². The van der Waals surface area contributed by atoms with Crippen molar-refractivity contribution in [1.82, 2.24) is 15.5 Å². The summed E-state index contributed by atoms with van der Waals surface area (Å²) in [7, 11) is 0. The van der Waals surface area contributed by atoms with Gasteiger partial charge in [0.2, 0.25) is 17.7 Å². The molecule has 1 unspecified atom stereocenters. The van der Waals surface area contributed by atoms with Crippen LogP contribution < -0.4 is 11.1 Å². The molecule has 0 aliphatic rings.